The highest BCUT2D eigenvalue weighted by Gasteiger charge is 2.08. The lowest BCUT2D eigenvalue weighted by atomic mass is 10.2. The van der Waals surface area contributed by atoms with Gasteiger partial charge >= 0.3 is 5.97 Å². The van der Waals surface area contributed by atoms with Crippen LogP contribution in [0.25, 0.3) is 0 Å². The molecule has 0 aliphatic heterocycles. The Morgan fingerprint density at radius 3 is 2.41 bits per heavy atom. The SMILES string of the molecule is Cc1cc(Cl)ccc1OCC(=O)Oc1ccc(/C=N/NC(=O)COc2ccccc2)cc1. The topological polar surface area (TPSA) is 86.2 Å². The van der Waals surface area contributed by atoms with Crippen molar-refractivity contribution in [1.29, 1.82) is 0 Å². The van der Waals surface area contributed by atoms with Gasteiger partial charge in [-0.05, 0) is 72.6 Å². The summed E-state index contributed by atoms with van der Waals surface area (Å²) >= 11 is 5.90. The van der Waals surface area contributed by atoms with Crippen molar-refractivity contribution < 1.29 is 23.8 Å². The fourth-order valence-electron chi connectivity index (χ4n) is 2.57. The van der Waals surface area contributed by atoms with Crippen molar-refractivity contribution in [2.24, 2.45) is 5.10 Å². The fraction of sp³-hybridized carbons (Fsp3) is 0.125. The summed E-state index contributed by atoms with van der Waals surface area (Å²) in [6.07, 6.45) is 1.47. The molecule has 0 atom stereocenters. The summed E-state index contributed by atoms with van der Waals surface area (Å²) in [5, 5.41) is 4.48. The molecule has 164 valence electrons. The molecule has 1 amide bonds. The third-order valence-corrected chi connectivity index (χ3v) is 4.35. The zero-order chi connectivity index (χ0) is 22.8. The van der Waals surface area contributed by atoms with E-state index in [1.807, 2.05) is 25.1 Å². The van der Waals surface area contributed by atoms with Crippen LogP contribution in [0.2, 0.25) is 5.02 Å². The van der Waals surface area contributed by atoms with Crippen molar-refractivity contribution >= 4 is 29.7 Å². The molecule has 0 spiro atoms. The predicted molar refractivity (Wildman–Crippen MR) is 121 cm³/mol. The Hall–Kier alpha value is -3.84. The molecule has 0 unspecified atom stereocenters. The summed E-state index contributed by atoms with van der Waals surface area (Å²) in [5.74, 6) is 0.612. The second-order valence-corrected chi connectivity index (χ2v) is 7.07. The number of ether oxygens (including phenoxy) is 3. The van der Waals surface area contributed by atoms with Crippen LogP contribution in [-0.2, 0) is 9.59 Å². The maximum absolute atomic E-state index is 12.0. The minimum Gasteiger partial charge on any atom is -0.484 e. The lowest BCUT2D eigenvalue weighted by Crippen LogP contribution is -2.24. The van der Waals surface area contributed by atoms with Gasteiger partial charge in [-0.25, -0.2) is 10.2 Å². The van der Waals surface area contributed by atoms with Crippen LogP contribution in [0.1, 0.15) is 11.1 Å². The second kappa shape index (κ2) is 11.5. The van der Waals surface area contributed by atoms with Crippen LogP contribution in [-0.4, -0.2) is 31.3 Å². The number of hydrogen-bond acceptors (Lipinski definition) is 6. The minimum absolute atomic E-state index is 0.145. The highest BCUT2D eigenvalue weighted by atomic mass is 35.5. The number of rotatable bonds is 9. The highest BCUT2D eigenvalue weighted by molar-refractivity contribution is 6.30. The second-order valence-electron chi connectivity index (χ2n) is 6.64. The lowest BCUT2D eigenvalue weighted by molar-refractivity contribution is -0.136. The number of amides is 1. The van der Waals surface area contributed by atoms with Gasteiger partial charge in [0.2, 0.25) is 0 Å². The smallest absolute Gasteiger partial charge is 0.349 e. The zero-order valence-electron chi connectivity index (χ0n) is 17.3. The normalized spacial score (nSPS) is 10.6. The molecule has 0 aliphatic rings. The first kappa shape index (κ1) is 22.8. The number of para-hydroxylation sites is 1. The van der Waals surface area contributed by atoms with Gasteiger partial charge in [0.05, 0.1) is 6.21 Å². The van der Waals surface area contributed by atoms with Crippen LogP contribution in [0.3, 0.4) is 0 Å². The van der Waals surface area contributed by atoms with E-state index in [1.54, 1.807) is 54.6 Å². The number of hydrogen-bond donors (Lipinski definition) is 1. The molecule has 0 aromatic heterocycles. The molecule has 3 aromatic carbocycles. The zero-order valence-corrected chi connectivity index (χ0v) is 18.0. The third-order valence-electron chi connectivity index (χ3n) is 4.11. The van der Waals surface area contributed by atoms with Gasteiger partial charge in [-0.3, -0.25) is 4.79 Å². The predicted octanol–water partition coefficient (Wildman–Crippen LogP) is 4.16. The number of carbonyl (C=O) groups is 2. The molecule has 0 saturated carbocycles. The molecule has 8 heteroatoms. The Morgan fingerprint density at radius 2 is 1.69 bits per heavy atom. The average molecular weight is 453 g/mol. The number of halogens is 1. The van der Waals surface area contributed by atoms with Crippen LogP contribution in [0.4, 0.5) is 0 Å². The number of nitrogens with one attached hydrogen (secondary N) is 1. The number of hydrazone groups is 1. The van der Waals surface area contributed by atoms with E-state index in [0.29, 0.717) is 27.8 Å². The number of aryl methyl sites for hydroxylation is 1. The molecule has 0 aliphatic carbocycles. The number of benzene rings is 3. The number of nitrogens with zero attached hydrogens (tertiary/aromatic N) is 1. The van der Waals surface area contributed by atoms with Crippen molar-refractivity contribution in [2.45, 2.75) is 6.92 Å². The highest BCUT2D eigenvalue weighted by Crippen LogP contribution is 2.22. The summed E-state index contributed by atoms with van der Waals surface area (Å²) in [7, 11) is 0. The van der Waals surface area contributed by atoms with Crippen LogP contribution >= 0.6 is 11.6 Å². The Morgan fingerprint density at radius 1 is 0.938 bits per heavy atom. The van der Waals surface area contributed by atoms with Gasteiger partial charge in [-0.2, -0.15) is 5.10 Å². The van der Waals surface area contributed by atoms with E-state index in [9.17, 15) is 9.59 Å². The van der Waals surface area contributed by atoms with Gasteiger partial charge in [0, 0.05) is 5.02 Å². The first-order valence-corrected chi connectivity index (χ1v) is 10.1. The van der Waals surface area contributed by atoms with Gasteiger partial charge in [-0.15, -0.1) is 0 Å². The van der Waals surface area contributed by atoms with E-state index < -0.39 is 5.97 Å². The van der Waals surface area contributed by atoms with Gasteiger partial charge < -0.3 is 14.2 Å². The molecule has 0 fully saturated rings. The van der Waals surface area contributed by atoms with Crippen LogP contribution in [0.5, 0.6) is 17.2 Å². The first-order valence-electron chi connectivity index (χ1n) is 9.69. The molecule has 0 heterocycles. The standard InChI is InChI=1S/C24H21ClN2O5/c1-17-13-19(25)9-12-22(17)31-16-24(29)32-21-10-7-18(8-11-21)14-26-27-23(28)15-30-20-5-3-2-4-6-20/h2-14H,15-16H2,1H3,(H,27,28)/b26-14+. The summed E-state index contributed by atoms with van der Waals surface area (Å²) in [6, 6.07) is 20.8. The van der Waals surface area contributed by atoms with Crippen LogP contribution in [0, 0.1) is 6.92 Å². The van der Waals surface area contributed by atoms with E-state index >= 15 is 0 Å². The summed E-state index contributed by atoms with van der Waals surface area (Å²) in [6.45, 7) is 1.46. The Labute approximate surface area is 190 Å². The quantitative estimate of drug-likeness (QED) is 0.228. The maximum Gasteiger partial charge on any atom is 0.349 e. The Bertz CT molecular complexity index is 1090. The molecule has 3 aromatic rings. The summed E-state index contributed by atoms with van der Waals surface area (Å²) in [4.78, 5) is 23.8. The molecule has 32 heavy (non-hydrogen) atoms. The number of carbonyl (C=O) groups excluding carboxylic acids is 2. The van der Waals surface area contributed by atoms with E-state index in [2.05, 4.69) is 10.5 Å². The van der Waals surface area contributed by atoms with E-state index in [4.69, 9.17) is 25.8 Å². The average Bonchev–Trinajstić information content (AvgIpc) is 2.79. The van der Waals surface area contributed by atoms with Crippen molar-refractivity contribution in [3.8, 4) is 17.2 Å². The maximum atomic E-state index is 12.0. The van der Waals surface area contributed by atoms with Gasteiger partial charge in [0.25, 0.3) is 5.91 Å². The van der Waals surface area contributed by atoms with Gasteiger partial charge in [0.1, 0.15) is 17.2 Å². The monoisotopic (exact) mass is 452 g/mol. The first-order chi connectivity index (χ1) is 15.5. The van der Waals surface area contributed by atoms with Gasteiger partial charge in [0.15, 0.2) is 13.2 Å². The van der Waals surface area contributed by atoms with Crippen molar-refractivity contribution in [1.82, 2.24) is 5.43 Å². The molecular weight excluding hydrogens is 432 g/mol. The molecule has 0 saturated heterocycles. The molecule has 0 bridgehead atoms. The van der Waals surface area contributed by atoms with Crippen LogP contribution < -0.4 is 19.6 Å². The Kier molecular flexibility index (Phi) is 8.22. The van der Waals surface area contributed by atoms with Crippen molar-refractivity contribution in [3.05, 3.63) is 88.9 Å². The Balaban J connectivity index is 1.41. The third kappa shape index (κ3) is 7.45. The fourth-order valence-corrected chi connectivity index (χ4v) is 2.80. The van der Waals surface area contributed by atoms with E-state index in [-0.39, 0.29) is 19.1 Å². The molecule has 3 rings (SSSR count). The van der Waals surface area contributed by atoms with Gasteiger partial charge in [-0.1, -0.05) is 29.8 Å². The summed E-state index contributed by atoms with van der Waals surface area (Å²) < 4.78 is 16.1. The van der Waals surface area contributed by atoms with Crippen molar-refractivity contribution in [3.63, 3.8) is 0 Å². The molecule has 0 radical (unpaired) electrons. The molecule has 1 N–H and O–H groups in total. The minimum atomic E-state index is -0.536. The molecular formula is C24H21ClN2O5. The van der Waals surface area contributed by atoms with E-state index in [1.165, 1.54) is 6.21 Å². The van der Waals surface area contributed by atoms with E-state index in [0.717, 1.165) is 5.56 Å². The van der Waals surface area contributed by atoms with Crippen LogP contribution in [0.15, 0.2) is 77.9 Å². The lowest BCUT2D eigenvalue weighted by Gasteiger charge is -2.09. The van der Waals surface area contributed by atoms with Crippen molar-refractivity contribution in [2.75, 3.05) is 13.2 Å². The summed E-state index contributed by atoms with van der Waals surface area (Å²) in [5.41, 5.74) is 3.92. The largest absolute Gasteiger partial charge is 0.484 e. The molecule has 7 nitrogen and oxygen atoms in total. The number of esters is 1.